The molecule has 0 bridgehead atoms. The molecular weight excluding hydrogens is 246 g/mol. The number of hydrogen-bond acceptors (Lipinski definition) is 3. The van der Waals surface area contributed by atoms with Crippen molar-refractivity contribution in [1.82, 2.24) is 4.98 Å². The zero-order valence-corrected chi connectivity index (χ0v) is 11.9. The molecule has 0 radical (unpaired) electrons. The highest BCUT2D eigenvalue weighted by Gasteiger charge is 2.30. The number of sulfone groups is 1. The average Bonchev–Trinajstić information content (AvgIpc) is 2.27. The van der Waals surface area contributed by atoms with Gasteiger partial charge in [0.25, 0.3) is 0 Å². The van der Waals surface area contributed by atoms with Crippen molar-refractivity contribution in [3.63, 3.8) is 0 Å². The number of benzene rings is 1. The highest BCUT2D eigenvalue weighted by Crippen LogP contribution is 2.27. The van der Waals surface area contributed by atoms with Crippen LogP contribution in [-0.4, -0.2) is 18.1 Å². The normalized spacial score (nSPS) is 12.9. The topological polar surface area (TPSA) is 47.0 Å². The molecule has 1 aromatic carbocycles. The maximum absolute atomic E-state index is 12.4. The summed E-state index contributed by atoms with van der Waals surface area (Å²) in [6, 6.07) is 7.00. The molecule has 0 spiro atoms. The molecule has 0 saturated carbocycles. The van der Waals surface area contributed by atoms with Crippen LogP contribution in [0.15, 0.2) is 35.4 Å². The third-order valence-corrected chi connectivity index (χ3v) is 5.53. The maximum atomic E-state index is 12.4. The quantitative estimate of drug-likeness (QED) is 0.794. The molecule has 4 heteroatoms. The molecule has 0 fully saturated rings. The summed E-state index contributed by atoms with van der Waals surface area (Å²) in [5.41, 5.74) is 1.86. The lowest BCUT2D eigenvalue weighted by molar-refractivity contribution is 0.560. The van der Waals surface area contributed by atoms with Gasteiger partial charge >= 0.3 is 0 Å². The van der Waals surface area contributed by atoms with E-state index in [0.717, 1.165) is 16.5 Å². The van der Waals surface area contributed by atoms with Crippen molar-refractivity contribution in [1.29, 1.82) is 0 Å². The predicted octanol–water partition coefficient (Wildman–Crippen LogP) is 3.12. The summed E-state index contributed by atoms with van der Waals surface area (Å²) in [6.07, 6.45) is 1.73. The minimum atomic E-state index is -3.31. The monoisotopic (exact) mass is 263 g/mol. The Morgan fingerprint density at radius 3 is 2.39 bits per heavy atom. The smallest absolute Gasteiger partial charge is 0.183 e. The highest BCUT2D eigenvalue weighted by molar-refractivity contribution is 7.92. The number of fused-ring (bicyclic) bond motifs is 1. The number of hydrogen-bond donors (Lipinski definition) is 0. The third-order valence-electron chi connectivity index (χ3n) is 3.05. The fraction of sp³-hybridized carbons (Fsp3) is 0.357. The molecule has 96 valence electrons. The van der Waals surface area contributed by atoms with E-state index in [1.807, 2.05) is 13.0 Å². The number of aryl methyl sites for hydroxylation is 1. The lowest BCUT2D eigenvalue weighted by Crippen LogP contribution is -2.27. The van der Waals surface area contributed by atoms with Crippen LogP contribution in [0.5, 0.6) is 0 Å². The van der Waals surface area contributed by atoms with Crippen LogP contribution >= 0.6 is 0 Å². The van der Waals surface area contributed by atoms with E-state index in [1.165, 1.54) is 0 Å². The summed E-state index contributed by atoms with van der Waals surface area (Å²) < 4.78 is 24.0. The number of pyridine rings is 1. The molecule has 1 aromatic heterocycles. The van der Waals surface area contributed by atoms with E-state index in [9.17, 15) is 8.42 Å². The molecule has 2 rings (SSSR count). The molecule has 0 aliphatic rings. The van der Waals surface area contributed by atoms with Gasteiger partial charge in [0.15, 0.2) is 9.84 Å². The van der Waals surface area contributed by atoms with Gasteiger partial charge in [-0.15, -0.1) is 0 Å². The van der Waals surface area contributed by atoms with Crippen LogP contribution in [0.1, 0.15) is 26.3 Å². The second-order valence-corrected chi connectivity index (χ2v) is 8.13. The van der Waals surface area contributed by atoms with Gasteiger partial charge in [-0.05, 0) is 57.5 Å². The average molecular weight is 263 g/mol. The lowest BCUT2D eigenvalue weighted by Gasteiger charge is -2.19. The molecule has 2 aromatic rings. The van der Waals surface area contributed by atoms with Crippen molar-refractivity contribution in [2.45, 2.75) is 37.3 Å². The lowest BCUT2D eigenvalue weighted by atomic mass is 10.1. The molecular formula is C14H17NO2S. The van der Waals surface area contributed by atoms with Crippen molar-refractivity contribution in [2.24, 2.45) is 0 Å². The molecule has 0 unspecified atom stereocenters. The highest BCUT2D eigenvalue weighted by atomic mass is 32.2. The summed E-state index contributed by atoms with van der Waals surface area (Å²) in [4.78, 5) is 4.59. The Kier molecular flexibility index (Phi) is 2.93. The molecule has 18 heavy (non-hydrogen) atoms. The molecule has 0 aliphatic heterocycles. The standard InChI is InChI=1S/C14H17NO2S/c1-10-7-8-15-13-6-5-11(9-12(10)13)18(16,17)14(2,3)4/h5-9H,1-4H3. The van der Waals surface area contributed by atoms with Crippen LogP contribution in [0.4, 0.5) is 0 Å². The Morgan fingerprint density at radius 1 is 1.11 bits per heavy atom. The minimum absolute atomic E-state index is 0.360. The summed E-state index contributed by atoms with van der Waals surface area (Å²) in [5.74, 6) is 0. The van der Waals surface area contributed by atoms with Crippen LogP contribution in [0.25, 0.3) is 10.9 Å². The van der Waals surface area contributed by atoms with E-state index in [0.29, 0.717) is 4.90 Å². The zero-order chi connectivity index (χ0) is 13.6. The van der Waals surface area contributed by atoms with Crippen LogP contribution in [0.3, 0.4) is 0 Å². The second kappa shape index (κ2) is 4.05. The Bertz CT molecular complexity index is 697. The number of rotatable bonds is 1. The fourth-order valence-electron chi connectivity index (χ4n) is 1.78. The van der Waals surface area contributed by atoms with Gasteiger partial charge in [-0.2, -0.15) is 0 Å². The Hall–Kier alpha value is -1.42. The SMILES string of the molecule is Cc1ccnc2ccc(S(=O)(=O)C(C)(C)C)cc12. The largest absolute Gasteiger partial charge is 0.256 e. The summed E-state index contributed by atoms with van der Waals surface area (Å²) >= 11 is 0. The van der Waals surface area contributed by atoms with Crippen molar-refractivity contribution in [3.05, 3.63) is 36.0 Å². The third kappa shape index (κ3) is 2.01. The van der Waals surface area contributed by atoms with E-state index >= 15 is 0 Å². The van der Waals surface area contributed by atoms with Crippen molar-refractivity contribution in [2.75, 3.05) is 0 Å². The van der Waals surface area contributed by atoms with Gasteiger partial charge in [0, 0.05) is 11.6 Å². The molecule has 0 amide bonds. The van der Waals surface area contributed by atoms with Gasteiger partial charge < -0.3 is 0 Å². The number of nitrogens with zero attached hydrogens (tertiary/aromatic N) is 1. The van der Waals surface area contributed by atoms with Gasteiger partial charge in [0.2, 0.25) is 0 Å². The van der Waals surface area contributed by atoms with Gasteiger partial charge in [-0.3, -0.25) is 4.98 Å². The van der Waals surface area contributed by atoms with Gasteiger partial charge in [0.05, 0.1) is 15.2 Å². The van der Waals surface area contributed by atoms with E-state index < -0.39 is 14.6 Å². The zero-order valence-electron chi connectivity index (χ0n) is 11.1. The molecule has 0 N–H and O–H groups in total. The van der Waals surface area contributed by atoms with Crippen LogP contribution in [0.2, 0.25) is 0 Å². The molecule has 0 saturated heterocycles. The Balaban J connectivity index is 2.72. The van der Waals surface area contributed by atoms with Crippen molar-refractivity contribution in [3.8, 4) is 0 Å². The first-order valence-corrected chi connectivity index (χ1v) is 7.32. The van der Waals surface area contributed by atoms with Gasteiger partial charge in [0.1, 0.15) is 0 Å². The van der Waals surface area contributed by atoms with Crippen LogP contribution in [0, 0.1) is 6.92 Å². The van der Waals surface area contributed by atoms with Crippen molar-refractivity contribution >= 4 is 20.7 Å². The van der Waals surface area contributed by atoms with E-state index in [-0.39, 0.29) is 0 Å². The maximum Gasteiger partial charge on any atom is 0.183 e. The molecule has 0 aliphatic carbocycles. The summed E-state index contributed by atoms with van der Waals surface area (Å²) in [6.45, 7) is 7.09. The van der Waals surface area contributed by atoms with Gasteiger partial charge in [-0.25, -0.2) is 8.42 Å². The van der Waals surface area contributed by atoms with E-state index in [1.54, 1.807) is 45.2 Å². The Morgan fingerprint density at radius 2 is 1.78 bits per heavy atom. The molecule has 0 atom stereocenters. The Labute approximate surface area is 108 Å². The van der Waals surface area contributed by atoms with E-state index in [4.69, 9.17) is 0 Å². The predicted molar refractivity (Wildman–Crippen MR) is 73.4 cm³/mol. The number of aromatic nitrogens is 1. The molecule has 1 heterocycles. The fourth-order valence-corrected chi connectivity index (χ4v) is 3.01. The first kappa shape index (κ1) is 13.0. The van der Waals surface area contributed by atoms with Crippen LogP contribution < -0.4 is 0 Å². The van der Waals surface area contributed by atoms with E-state index in [2.05, 4.69) is 4.98 Å². The summed E-state index contributed by atoms with van der Waals surface area (Å²) in [7, 11) is -3.31. The van der Waals surface area contributed by atoms with Crippen molar-refractivity contribution < 1.29 is 8.42 Å². The molecule has 3 nitrogen and oxygen atoms in total. The second-order valence-electron chi connectivity index (χ2n) is 5.42. The summed E-state index contributed by atoms with van der Waals surface area (Å²) in [5, 5.41) is 0.892. The first-order valence-electron chi connectivity index (χ1n) is 5.83. The first-order chi connectivity index (χ1) is 8.23. The van der Waals surface area contributed by atoms with Crippen LogP contribution in [-0.2, 0) is 9.84 Å². The minimum Gasteiger partial charge on any atom is -0.256 e. The van der Waals surface area contributed by atoms with Gasteiger partial charge in [-0.1, -0.05) is 0 Å².